The van der Waals surface area contributed by atoms with Gasteiger partial charge in [0.15, 0.2) is 0 Å². The van der Waals surface area contributed by atoms with Crippen LogP contribution in [0.15, 0.2) is 71.3 Å². The molecule has 3 aromatic rings. The lowest BCUT2D eigenvalue weighted by atomic mass is 9.93. The van der Waals surface area contributed by atoms with Crippen LogP contribution in [0.2, 0.25) is 0 Å². The molecule has 0 spiro atoms. The lowest BCUT2D eigenvalue weighted by molar-refractivity contribution is -0.122. The van der Waals surface area contributed by atoms with Gasteiger partial charge in [-0.05, 0) is 47.5 Å². The Morgan fingerprint density at radius 2 is 1.85 bits per heavy atom. The molecule has 1 unspecified atom stereocenters. The Hall–Kier alpha value is -3.12. The molecule has 1 heterocycles. The van der Waals surface area contributed by atoms with Gasteiger partial charge < -0.3 is 9.15 Å². The number of rotatable bonds is 8. The van der Waals surface area contributed by atoms with E-state index >= 15 is 0 Å². The van der Waals surface area contributed by atoms with Crippen LogP contribution >= 0.6 is 0 Å². The molecule has 1 amide bonds. The Balaban J connectivity index is 1.58. The van der Waals surface area contributed by atoms with Crippen molar-refractivity contribution in [3.63, 3.8) is 0 Å². The van der Waals surface area contributed by atoms with Gasteiger partial charge in [0.2, 0.25) is 5.91 Å². The van der Waals surface area contributed by atoms with Crippen LogP contribution in [0.3, 0.4) is 0 Å². The van der Waals surface area contributed by atoms with Gasteiger partial charge in [-0.15, -0.1) is 0 Å². The Morgan fingerprint density at radius 1 is 1.11 bits per heavy atom. The standard InChI is InChI=1S/C21H21FN2O3/c1-26-18-10-4-15(5-11-18)14-23-24-21(25)13-19(20-3-2-12-27-20)16-6-8-17(22)9-7-16/h2-12,19,23H,13-14H2,1H3,(H,24,25). The van der Waals surface area contributed by atoms with E-state index in [1.165, 1.54) is 12.1 Å². The summed E-state index contributed by atoms with van der Waals surface area (Å²) in [6.07, 6.45) is 1.74. The normalized spacial score (nSPS) is 11.8. The highest BCUT2D eigenvalue weighted by Crippen LogP contribution is 2.28. The highest BCUT2D eigenvalue weighted by molar-refractivity contribution is 5.76. The summed E-state index contributed by atoms with van der Waals surface area (Å²) in [6.45, 7) is 0.484. The number of hydrogen-bond acceptors (Lipinski definition) is 4. The lowest BCUT2D eigenvalue weighted by Crippen LogP contribution is -2.37. The molecule has 6 heteroatoms. The Labute approximate surface area is 157 Å². The number of hydrogen-bond donors (Lipinski definition) is 2. The van der Waals surface area contributed by atoms with Crippen molar-refractivity contribution in [1.29, 1.82) is 0 Å². The summed E-state index contributed by atoms with van der Waals surface area (Å²) in [6, 6.07) is 17.2. The number of hydrazine groups is 1. The van der Waals surface area contributed by atoms with E-state index in [9.17, 15) is 9.18 Å². The van der Waals surface area contributed by atoms with Gasteiger partial charge in [0.25, 0.3) is 0 Å². The summed E-state index contributed by atoms with van der Waals surface area (Å²) in [5.74, 6) is 0.649. The molecule has 0 aliphatic carbocycles. The molecule has 0 radical (unpaired) electrons. The third kappa shape index (κ3) is 5.18. The Bertz CT molecular complexity index is 846. The van der Waals surface area contributed by atoms with Crippen molar-refractivity contribution >= 4 is 5.91 Å². The maximum absolute atomic E-state index is 13.2. The molecule has 1 atom stereocenters. The molecule has 2 N–H and O–H groups in total. The zero-order valence-electron chi connectivity index (χ0n) is 14.9. The number of ether oxygens (including phenoxy) is 1. The summed E-state index contributed by atoms with van der Waals surface area (Å²) in [5.41, 5.74) is 7.44. The molecule has 2 aromatic carbocycles. The van der Waals surface area contributed by atoms with E-state index in [4.69, 9.17) is 9.15 Å². The molecule has 1 aromatic heterocycles. The molecule has 140 valence electrons. The average molecular weight is 368 g/mol. The van der Waals surface area contributed by atoms with E-state index < -0.39 is 0 Å². The van der Waals surface area contributed by atoms with Crippen molar-refractivity contribution < 1.29 is 18.3 Å². The van der Waals surface area contributed by atoms with Crippen LogP contribution in [0, 0.1) is 5.82 Å². The molecule has 27 heavy (non-hydrogen) atoms. The zero-order chi connectivity index (χ0) is 19.1. The van der Waals surface area contributed by atoms with Crippen LogP contribution in [0.4, 0.5) is 4.39 Å². The monoisotopic (exact) mass is 368 g/mol. The second-order valence-corrected chi connectivity index (χ2v) is 6.07. The number of amides is 1. The number of benzene rings is 2. The summed E-state index contributed by atoms with van der Waals surface area (Å²) in [5, 5.41) is 0. The number of halogens is 1. The predicted octanol–water partition coefficient (Wildman–Crippen LogP) is 3.77. The quantitative estimate of drug-likeness (QED) is 0.594. The zero-order valence-corrected chi connectivity index (χ0v) is 14.9. The van der Waals surface area contributed by atoms with Crippen molar-refractivity contribution in [3.05, 3.63) is 89.6 Å². The van der Waals surface area contributed by atoms with Crippen LogP contribution in [-0.4, -0.2) is 13.0 Å². The summed E-state index contributed by atoms with van der Waals surface area (Å²) in [7, 11) is 1.62. The van der Waals surface area contributed by atoms with Gasteiger partial charge in [0.05, 0.1) is 19.3 Å². The second-order valence-electron chi connectivity index (χ2n) is 6.07. The van der Waals surface area contributed by atoms with Gasteiger partial charge in [0, 0.05) is 13.0 Å². The van der Waals surface area contributed by atoms with Gasteiger partial charge >= 0.3 is 0 Å². The van der Waals surface area contributed by atoms with Gasteiger partial charge in [0.1, 0.15) is 17.3 Å². The Morgan fingerprint density at radius 3 is 2.48 bits per heavy atom. The molecule has 0 aliphatic heterocycles. The van der Waals surface area contributed by atoms with Crippen molar-refractivity contribution in [2.75, 3.05) is 7.11 Å². The second kappa shape index (κ2) is 9.00. The first-order valence-corrected chi connectivity index (χ1v) is 8.59. The molecule has 3 rings (SSSR count). The Kier molecular flexibility index (Phi) is 6.22. The highest BCUT2D eigenvalue weighted by Gasteiger charge is 2.20. The summed E-state index contributed by atoms with van der Waals surface area (Å²) < 4.78 is 23.8. The van der Waals surface area contributed by atoms with E-state index in [0.29, 0.717) is 12.3 Å². The molecular weight excluding hydrogens is 347 g/mol. The minimum atomic E-state index is -0.317. The fourth-order valence-corrected chi connectivity index (χ4v) is 2.79. The molecule has 0 aliphatic rings. The van der Waals surface area contributed by atoms with Gasteiger partial charge in [-0.1, -0.05) is 24.3 Å². The van der Waals surface area contributed by atoms with Crippen molar-refractivity contribution in [3.8, 4) is 5.75 Å². The summed E-state index contributed by atoms with van der Waals surface area (Å²) >= 11 is 0. The molecule has 5 nitrogen and oxygen atoms in total. The maximum Gasteiger partial charge on any atom is 0.235 e. The first-order valence-electron chi connectivity index (χ1n) is 8.59. The number of carbonyl (C=O) groups is 1. The third-order valence-electron chi connectivity index (χ3n) is 4.23. The maximum atomic E-state index is 13.2. The minimum Gasteiger partial charge on any atom is -0.497 e. The highest BCUT2D eigenvalue weighted by atomic mass is 19.1. The van der Waals surface area contributed by atoms with Crippen molar-refractivity contribution in [1.82, 2.24) is 10.9 Å². The van der Waals surface area contributed by atoms with Gasteiger partial charge in [-0.25, -0.2) is 9.82 Å². The topological polar surface area (TPSA) is 63.5 Å². The van der Waals surface area contributed by atoms with E-state index in [0.717, 1.165) is 16.9 Å². The van der Waals surface area contributed by atoms with E-state index in [1.807, 2.05) is 30.3 Å². The number of nitrogens with one attached hydrogen (secondary N) is 2. The molecule has 0 saturated heterocycles. The van der Waals surface area contributed by atoms with Crippen LogP contribution in [-0.2, 0) is 11.3 Å². The van der Waals surface area contributed by atoms with Crippen LogP contribution < -0.4 is 15.6 Å². The van der Waals surface area contributed by atoms with E-state index in [-0.39, 0.29) is 24.1 Å². The molecule has 0 fully saturated rings. The third-order valence-corrected chi connectivity index (χ3v) is 4.23. The first kappa shape index (κ1) is 18.7. The fourth-order valence-electron chi connectivity index (χ4n) is 2.79. The molecular formula is C21H21FN2O3. The number of carbonyl (C=O) groups excluding carboxylic acids is 1. The average Bonchev–Trinajstić information content (AvgIpc) is 3.22. The predicted molar refractivity (Wildman–Crippen MR) is 99.5 cm³/mol. The van der Waals surface area contributed by atoms with Gasteiger partial charge in [-0.3, -0.25) is 10.2 Å². The summed E-state index contributed by atoms with van der Waals surface area (Å²) in [4.78, 5) is 12.4. The SMILES string of the molecule is COc1ccc(CNNC(=O)CC(c2ccc(F)cc2)c2ccco2)cc1. The van der Waals surface area contributed by atoms with Gasteiger partial charge in [-0.2, -0.15) is 0 Å². The van der Waals surface area contributed by atoms with Crippen molar-refractivity contribution in [2.24, 2.45) is 0 Å². The smallest absolute Gasteiger partial charge is 0.235 e. The van der Waals surface area contributed by atoms with E-state index in [1.54, 1.807) is 31.6 Å². The number of furan rings is 1. The first-order chi connectivity index (χ1) is 13.2. The van der Waals surface area contributed by atoms with Crippen molar-refractivity contribution in [2.45, 2.75) is 18.9 Å². The number of methoxy groups -OCH3 is 1. The van der Waals surface area contributed by atoms with Crippen LogP contribution in [0.5, 0.6) is 5.75 Å². The van der Waals surface area contributed by atoms with Crippen LogP contribution in [0.25, 0.3) is 0 Å². The fraction of sp³-hybridized carbons (Fsp3) is 0.190. The minimum absolute atomic E-state index is 0.175. The van der Waals surface area contributed by atoms with E-state index in [2.05, 4.69) is 10.9 Å². The molecule has 0 bridgehead atoms. The van der Waals surface area contributed by atoms with Crippen LogP contribution in [0.1, 0.15) is 29.2 Å². The molecule has 0 saturated carbocycles. The lowest BCUT2D eigenvalue weighted by Gasteiger charge is -2.15. The largest absolute Gasteiger partial charge is 0.497 e.